The molecule has 0 aromatic carbocycles. The molecule has 0 aromatic rings. The summed E-state index contributed by atoms with van der Waals surface area (Å²) in [6.45, 7) is 15.8. The van der Waals surface area contributed by atoms with Gasteiger partial charge in [0.05, 0.1) is 0 Å². The Hall–Kier alpha value is -1.98. The van der Waals surface area contributed by atoms with Crippen molar-refractivity contribution < 1.29 is 26.3 Å². The highest BCUT2D eigenvalue weighted by atomic mass is 19.4. The fraction of sp³-hybridized carbons (Fsp3) is 0.478. The normalized spacial score (nSPS) is 14.0. The van der Waals surface area contributed by atoms with E-state index in [1.165, 1.54) is 32.1 Å². The molecule has 0 aliphatic rings. The van der Waals surface area contributed by atoms with Crippen LogP contribution in [0.15, 0.2) is 72.4 Å². The third-order valence-electron chi connectivity index (χ3n) is 3.40. The van der Waals surface area contributed by atoms with E-state index in [9.17, 15) is 26.3 Å². The molecule has 0 saturated carbocycles. The van der Waals surface area contributed by atoms with Crippen LogP contribution in [0.3, 0.4) is 0 Å². The molecule has 0 saturated heterocycles. The van der Waals surface area contributed by atoms with E-state index in [0.717, 1.165) is 30.4 Å². The molecule has 0 heterocycles. The predicted molar refractivity (Wildman–Crippen MR) is 113 cm³/mol. The molecule has 0 rings (SSSR count). The summed E-state index contributed by atoms with van der Waals surface area (Å²) in [5, 5.41) is 0. The molecule has 29 heavy (non-hydrogen) atoms. The third-order valence-corrected chi connectivity index (χ3v) is 3.40. The highest BCUT2D eigenvalue weighted by molar-refractivity contribution is 5.47. The van der Waals surface area contributed by atoms with Gasteiger partial charge in [0.2, 0.25) is 5.41 Å². The minimum absolute atomic E-state index is 0.474. The maximum atomic E-state index is 13.9. The van der Waals surface area contributed by atoms with Crippen LogP contribution in [0.1, 0.15) is 54.9 Å². The van der Waals surface area contributed by atoms with Gasteiger partial charge in [-0.25, -0.2) is 0 Å². The lowest BCUT2D eigenvalue weighted by Crippen LogP contribution is -2.52. The quantitative estimate of drug-likeness (QED) is 0.282. The lowest BCUT2D eigenvalue weighted by molar-refractivity contribution is -0.308. The minimum atomic E-state index is -5.61. The molecule has 6 heteroatoms. The van der Waals surface area contributed by atoms with E-state index in [1.807, 2.05) is 27.7 Å². The molecule has 0 bridgehead atoms. The van der Waals surface area contributed by atoms with Crippen LogP contribution in [0.4, 0.5) is 26.3 Å². The van der Waals surface area contributed by atoms with Crippen LogP contribution in [-0.4, -0.2) is 12.4 Å². The molecule has 0 aliphatic heterocycles. The Kier molecular flexibility index (Phi) is 17.4. The topological polar surface area (TPSA) is 0 Å². The SMILES string of the molecule is C=C/C(=C\C=C/CC)C(C(/C=C\C)=C/C=C\C)(C(F)(F)F)C(F)(F)F.CC.CC. The van der Waals surface area contributed by atoms with Gasteiger partial charge in [0.15, 0.2) is 0 Å². The molecular weight excluding hydrogens is 390 g/mol. The van der Waals surface area contributed by atoms with Gasteiger partial charge in [0, 0.05) is 0 Å². The Morgan fingerprint density at radius 3 is 1.52 bits per heavy atom. The van der Waals surface area contributed by atoms with Crippen molar-refractivity contribution in [1.82, 2.24) is 0 Å². The zero-order valence-corrected chi connectivity index (χ0v) is 18.4. The summed E-state index contributed by atoms with van der Waals surface area (Å²) in [5.41, 5.74) is -6.08. The van der Waals surface area contributed by atoms with Crippen molar-refractivity contribution in [3.63, 3.8) is 0 Å². The summed E-state index contributed by atoms with van der Waals surface area (Å²) in [5.74, 6) is 0. The van der Waals surface area contributed by atoms with Crippen molar-refractivity contribution in [1.29, 1.82) is 0 Å². The first-order valence-electron chi connectivity index (χ1n) is 9.63. The summed E-state index contributed by atoms with van der Waals surface area (Å²) < 4.78 is 83.3. The predicted octanol–water partition coefficient (Wildman–Crippen LogP) is 9.31. The molecule has 0 nitrogen and oxygen atoms in total. The minimum Gasteiger partial charge on any atom is -0.169 e. The highest BCUT2D eigenvalue weighted by Gasteiger charge is 2.73. The molecule has 0 radical (unpaired) electrons. The average Bonchev–Trinajstić information content (AvgIpc) is 2.66. The van der Waals surface area contributed by atoms with Crippen molar-refractivity contribution in [3.05, 3.63) is 72.4 Å². The first-order chi connectivity index (χ1) is 13.5. The fourth-order valence-corrected chi connectivity index (χ4v) is 2.32. The smallest absolute Gasteiger partial charge is 0.169 e. The Morgan fingerprint density at radius 2 is 1.21 bits per heavy atom. The monoisotopic (exact) mass is 424 g/mol. The molecule has 0 atom stereocenters. The van der Waals surface area contributed by atoms with Crippen molar-refractivity contribution in [2.45, 2.75) is 67.2 Å². The van der Waals surface area contributed by atoms with Gasteiger partial charge in [-0.15, -0.1) is 0 Å². The number of hydrogen-bond acceptors (Lipinski definition) is 0. The molecule has 0 fully saturated rings. The van der Waals surface area contributed by atoms with Gasteiger partial charge in [-0.1, -0.05) is 95.9 Å². The van der Waals surface area contributed by atoms with Gasteiger partial charge >= 0.3 is 12.4 Å². The van der Waals surface area contributed by atoms with E-state index >= 15 is 0 Å². The molecule has 0 aromatic heterocycles. The molecular formula is C23H34F6. The van der Waals surface area contributed by atoms with Gasteiger partial charge in [-0.05, 0) is 31.4 Å². The summed E-state index contributed by atoms with van der Waals surface area (Å²) in [7, 11) is 0. The maximum Gasteiger partial charge on any atom is 0.411 e. The highest BCUT2D eigenvalue weighted by Crippen LogP contribution is 2.60. The molecule has 0 N–H and O–H groups in total. The summed E-state index contributed by atoms with van der Waals surface area (Å²) >= 11 is 0. The lowest BCUT2D eigenvalue weighted by atomic mass is 9.71. The van der Waals surface area contributed by atoms with Gasteiger partial charge in [0.25, 0.3) is 0 Å². The molecule has 0 unspecified atom stereocenters. The number of alkyl halides is 6. The van der Waals surface area contributed by atoms with E-state index in [-0.39, 0.29) is 0 Å². The average molecular weight is 425 g/mol. The first-order valence-corrected chi connectivity index (χ1v) is 9.63. The Balaban J connectivity index is -0.00000158. The molecule has 0 aliphatic carbocycles. The zero-order chi connectivity index (χ0) is 23.7. The van der Waals surface area contributed by atoms with Crippen LogP contribution in [0.2, 0.25) is 0 Å². The van der Waals surface area contributed by atoms with Crippen LogP contribution in [0.5, 0.6) is 0 Å². The van der Waals surface area contributed by atoms with E-state index in [0.29, 0.717) is 12.5 Å². The van der Waals surface area contributed by atoms with Crippen LogP contribution in [0.25, 0.3) is 0 Å². The number of hydrogen-bond donors (Lipinski definition) is 0. The largest absolute Gasteiger partial charge is 0.411 e. The van der Waals surface area contributed by atoms with E-state index < -0.39 is 28.9 Å². The summed E-state index contributed by atoms with van der Waals surface area (Å²) in [6.07, 6.45) is -1.41. The van der Waals surface area contributed by atoms with Crippen LogP contribution in [0, 0.1) is 5.41 Å². The van der Waals surface area contributed by atoms with Gasteiger partial charge < -0.3 is 0 Å². The molecule has 168 valence electrons. The van der Waals surface area contributed by atoms with Crippen molar-refractivity contribution in [3.8, 4) is 0 Å². The second-order valence-electron chi connectivity index (χ2n) is 5.06. The Bertz CT molecular complexity index is 567. The first kappa shape index (κ1) is 31.7. The standard InChI is InChI=1S/C19H22F6.2C2H6/c1-5-9-11-14-15(8-4)17(18(20,21)22,19(23,24)25)16(12-7-3)13-10-6-2;2*1-2/h6-14H,4-5H2,1-3H3;2*1-2H3/b10-6-,11-9-,12-7-,15-14+,16-13+;;. The van der Waals surface area contributed by atoms with E-state index in [1.54, 1.807) is 6.92 Å². The van der Waals surface area contributed by atoms with Crippen LogP contribution in [-0.2, 0) is 0 Å². The van der Waals surface area contributed by atoms with Gasteiger partial charge in [-0.3, -0.25) is 0 Å². The van der Waals surface area contributed by atoms with Crippen molar-refractivity contribution in [2.75, 3.05) is 0 Å². The lowest BCUT2D eigenvalue weighted by Gasteiger charge is -2.39. The third kappa shape index (κ3) is 8.50. The molecule has 0 spiro atoms. The maximum absolute atomic E-state index is 13.9. The van der Waals surface area contributed by atoms with E-state index in [4.69, 9.17) is 0 Å². The van der Waals surface area contributed by atoms with Gasteiger partial charge in [0.1, 0.15) is 0 Å². The second kappa shape index (κ2) is 15.9. The summed E-state index contributed by atoms with van der Waals surface area (Å²) in [4.78, 5) is 0. The number of rotatable bonds is 7. The Morgan fingerprint density at radius 1 is 0.759 bits per heavy atom. The fourth-order valence-electron chi connectivity index (χ4n) is 2.32. The van der Waals surface area contributed by atoms with Gasteiger partial charge in [-0.2, -0.15) is 26.3 Å². The number of allylic oxidation sites excluding steroid dienone is 11. The van der Waals surface area contributed by atoms with Crippen molar-refractivity contribution in [2.24, 2.45) is 5.41 Å². The van der Waals surface area contributed by atoms with Crippen molar-refractivity contribution >= 4 is 0 Å². The van der Waals surface area contributed by atoms with E-state index in [2.05, 4.69) is 6.58 Å². The van der Waals surface area contributed by atoms with Crippen LogP contribution < -0.4 is 0 Å². The van der Waals surface area contributed by atoms with Crippen LogP contribution >= 0.6 is 0 Å². The zero-order valence-electron chi connectivity index (χ0n) is 18.4. The number of halogens is 6. The summed E-state index contributed by atoms with van der Waals surface area (Å²) in [6, 6.07) is 0. The second-order valence-corrected chi connectivity index (χ2v) is 5.06. The molecule has 0 amide bonds. The Labute approximate surface area is 172 Å².